The number of amides is 1. The number of nitrogens with zero attached hydrogens (tertiary/aromatic N) is 2. The number of nitrogen functional groups attached to an aromatic ring is 1. The number of carbonyl (C=O) groups is 1. The molecule has 1 aromatic carbocycles. The lowest BCUT2D eigenvalue weighted by Crippen LogP contribution is -2.23. The second-order valence-corrected chi connectivity index (χ2v) is 5.30. The van der Waals surface area contributed by atoms with Crippen LogP contribution >= 0.6 is 0 Å². The lowest BCUT2D eigenvalue weighted by molar-refractivity contribution is -0.125. The van der Waals surface area contributed by atoms with Crippen LogP contribution in [0, 0.1) is 0 Å². The zero-order valence-electron chi connectivity index (χ0n) is 12.8. The highest BCUT2D eigenvalue weighted by Crippen LogP contribution is 2.21. The number of fused-ring (bicyclic) bond motifs is 1. The molecular formula is C18H17N3O2. The Morgan fingerprint density at radius 2 is 2.13 bits per heavy atom. The highest BCUT2D eigenvalue weighted by atomic mass is 16.3. The number of anilines is 1. The van der Waals surface area contributed by atoms with Crippen molar-refractivity contribution in [2.24, 2.45) is 0 Å². The average molecular weight is 307 g/mol. The predicted octanol–water partition coefficient (Wildman–Crippen LogP) is 3.08. The number of pyridine rings is 1. The molecule has 1 amide bonds. The van der Waals surface area contributed by atoms with Crippen LogP contribution in [0.15, 0.2) is 59.4 Å². The number of hydrogen-bond acceptors (Lipinski definition) is 4. The molecule has 0 aliphatic rings. The van der Waals surface area contributed by atoms with Crippen molar-refractivity contribution in [3.63, 3.8) is 0 Å². The van der Waals surface area contributed by atoms with E-state index in [4.69, 9.17) is 10.2 Å². The summed E-state index contributed by atoms with van der Waals surface area (Å²) in [6, 6.07) is 11.3. The van der Waals surface area contributed by atoms with Crippen molar-refractivity contribution in [3.05, 3.63) is 66.1 Å². The molecule has 0 radical (unpaired) electrons. The summed E-state index contributed by atoms with van der Waals surface area (Å²) in [6.07, 6.45) is 6.57. The maximum absolute atomic E-state index is 12.2. The molecule has 5 heteroatoms. The monoisotopic (exact) mass is 307 g/mol. The molecule has 2 N–H and O–H groups in total. The summed E-state index contributed by atoms with van der Waals surface area (Å²) in [5, 5.41) is 1.03. The van der Waals surface area contributed by atoms with Crippen molar-refractivity contribution < 1.29 is 9.21 Å². The highest BCUT2D eigenvalue weighted by molar-refractivity contribution is 5.92. The van der Waals surface area contributed by atoms with Crippen molar-refractivity contribution in [1.29, 1.82) is 0 Å². The Bertz CT molecular complexity index is 850. The quantitative estimate of drug-likeness (QED) is 0.752. The first-order valence-electron chi connectivity index (χ1n) is 7.23. The lowest BCUT2D eigenvalue weighted by atomic mass is 10.1. The van der Waals surface area contributed by atoms with Crippen molar-refractivity contribution in [3.8, 4) is 0 Å². The molecule has 3 aromatic rings. The van der Waals surface area contributed by atoms with Gasteiger partial charge in [-0.05, 0) is 29.8 Å². The first kappa shape index (κ1) is 14.8. The Morgan fingerprint density at radius 1 is 1.30 bits per heavy atom. The van der Waals surface area contributed by atoms with Crippen molar-refractivity contribution in [1.82, 2.24) is 9.88 Å². The van der Waals surface area contributed by atoms with E-state index in [9.17, 15) is 4.79 Å². The number of hydrogen-bond donors (Lipinski definition) is 1. The number of rotatable bonds is 4. The van der Waals surface area contributed by atoms with Crippen LogP contribution in [-0.4, -0.2) is 22.8 Å². The molecule has 0 saturated heterocycles. The van der Waals surface area contributed by atoms with Gasteiger partial charge < -0.3 is 15.1 Å². The number of nitrogens with two attached hydrogens (primary N) is 1. The molecule has 0 spiro atoms. The van der Waals surface area contributed by atoms with E-state index in [2.05, 4.69) is 4.98 Å². The molecule has 0 unspecified atom stereocenters. The minimum Gasteiger partial charge on any atom is -0.464 e. The summed E-state index contributed by atoms with van der Waals surface area (Å²) in [6.45, 7) is 0.486. The largest absolute Gasteiger partial charge is 0.464 e. The van der Waals surface area contributed by atoms with Gasteiger partial charge in [0.1, 0.15) is 11.4 Å². The smallest absolute Gasteiger partial charge is 0.246 e. The average Bonchev–Trinajstić information content (AvgIpc) is 2.97. The molecule has 23 heavy (non-hydrogen) atoms. The summed E-state index contributed by atoms with van der Waals surface area (Å²) < 4.78 is 5.49. The predicted molar refractivity (Wildman–Crippen MR) is 90.4 cm³/mol. The minimum atomic E-state index is -0.0906. The number of aromatic nitrogens is 1. The maximum atomic E-state index is 12.2. The van der Waals surface area contributed by atoms with Crippen LogP contribution < -0.4 is 5.73 Å². The first-order valence-corrected chi connectivity index (χ1v) is 7.23. The normalized spacial score (nSPS) is 11.2. The number of carbonyl (C=O) groups excluding carboxylic acids is 1. The van der Waals surface area contributed by atoms with E-state index in [1.807, 2.05) is 30.3 Å². The standard InChI is InChI=1S/C18H17N3O2/c1-21(11-14-12-23-16-5-3-2-4-15(14)16)18(22)9-7-13-6-8-17(19)20-10-13/h2-10,12H,11H2,1H3,(H2,19,20)/b9-7+. The summed E-state index contributed by atoms with van der Waals surface area (Å²) in [7, 11) is 1.76. The summed E-state index contributed by atoms with van der Waals surface area (Å²) >= 11 is 0. The molecule has 2 heterocycles. The van der Waals surface area contributed by atoms with Crippen molar-refractivity contribution in [2.45, 2.75) is 6.54 Å². The van der Waals surface area contributed by atoms with Gasteiger partial charge in [-0.15, -0.1) is 0 Å². The zero-order valence-corrected chi connectivity index (χ0v) is 12.8. The van der Waals surface area contributed by atoms with Gasteiger partial charge in [-0.3, -0.25) is 4.79 Å². The van der Waals surface area contributed by atoms with Crippen LogP contribution in [0.5, 0.6) is 0 Å². The van der Waals surface area contributed by atoms with Crippen LogP contribution in [0.3, 0.4) is 0 Å². The van der Waals surface area contributed by atoms with Gasteiger partial charge in [0.15, 0.2) is 0 Å². The first-order chi connectivity index (χ1) is 11.1. The summed E-state index contributed by atoms with van der Waals surface area (Å²) in [5.74, 6) is 0.365. The Kier molecular flexibility index (Phi) is 4.10. The van der Waals surface area contributed by atoms with Gasteiger partial charge in [0, 0.05) is 36.8 Å². The fraction of sp³-hybridized carbons (Fsp3) is 0.111. The number of para-hydroxylation sites is 1. The molecule has 0 saturated carbocycles. The number of likely N-dealkylation sites (N-methyl/N-ethyl adjacent to an activating group) is 1. The number of furan rings is 1. The molecule has 0 bridgehead atoms. The van der Waals surface area contributed by atoms with Gasteiger partial charge in [0.25, 0.3) is 0 Å². The van der Waals surface area contributed by atoms with Crippen LogP contribution in [0.4, 0.5) is 5.82 Å². The van der Waals surface area contributed by atoms with E-state index in [1.165, 1.54) is 6.08 Å². The third-order valence-electron chi connectivity index (χ3n) is 3.57. The van der Waals surface area contributed by atoms with Crippen LogP contribution in [0.25, 0.3) is 17.0 Å². The molecule has 0 fully saturated rings. The summed E-state index contributed by atoms with van der Waals surface area (Å²) in [4.78, 5) is 17.8. The van der Waals surface area contributed by atoms with E-state index in [-0.39, 0.29) is 5.91 Å². The van der Waals surface area contributed by atoms with Crippen LogP contribution in [0.1, 0.15) is 11.1 Å². The van der Waals surface area contributed by atoms with Crippen LogP contribution in [-0.2, 0) is 11.3 Å². The third-order valence-corrected chi connectivity index (χ3v) is 3.57. The van der Waals surface area contributed by atoms with Crippen LogP contribution in [0.2, 0.25) is 0 Å². The maximum Gasteiger partial charge on any atom is 0.246 e. The van der Waals surface area contributed by atoms with Gasteiger partial charge in [0.2, 0.25) is 5.91 Å². The highest BCUT2D eigenvalue weighted by Gasteiger charge is 2.10. The molecule has 5 nitrogen and oxygen atoms in total. The van der Waals surface area contributed by atoms with E-state index >= 15 is 0 Å². The molecule has 0 aliphatic carbocycles. The van der Waals surface area contributed by atoms with E-state index in [0.29, 0.717) is 12.4 Å². The molecule has 116 valence electrons. The Balaban J connectivity index is 1.69. The second-order valence-electron chi connectivity index (χ2n) is 5.30. The molecule has 2 aromatic heterocycles. The Labute approximate surface area is 134 Å². The van der Waals surface area contributed by atoms with Crippen molar-refractivity contribution >= 4 is 28.8 Å². The Hall–Kier alpha value is -3.08. The molecule has 0 atom stereocenters. The SMILES string of the molecule is CN(Cc1coc2ccccc12)C(=O)/C=C/c1ccc(N)nc1. The molecule has 3 rings (SSSR count). The van der Waals surface area contributed by atoms with E-state index in [1.54, 1.807) is 36.5 Å². The number of benzene rings is 1. The van der Waals surface area contributed by atoms with Gasteiger partial charge in [-0.25, -0.2) is 4.98 Å². The van der Waals surface area contributed by atoms with Gasteiger partial charge >= 0.3 is 0 Å². The molecular weight excluding hydrogens is 290 g/mol. The van der Waals surface area contributed by atoms with E-state index < -0.39 is 0 Å². The fourth-order valence-corrected chi connectivity index (χ4v) is 2.30. The van der Waals surface area contributed by atoms with Gasteiger partial charge in [0.05, 0.1) is 6.26 Å². The Morgan fingerprint density at radius 3 is 2.91 bits per heavy atom. The van der Waals surface area contributed by atoms with Gasteiger partial charge in [-0.1, -0.05) is 18.2 Å². The minimum absolute atomic E-state index is 0.0906. The second kappa shape index (κ2) is 6.36. The zero-order chi connectivity index (χ0) is 16.2. The third kappa shape index (κ3) is 3.40. The van der Waals surface area contributed by atoms with E-state index in [0.717, 1.165) is 22.1 Å². The topological polar surface area (TPSA) is 72.4 Å². The fourth-order valence-electron chi connectivity index (χ4n) is 2.30. The summed E-state index contributed by atoms with van der Waals surface area (Å²) in [5.41, 5.74) is 8.17. The van der Waals surface area contributed by atoms with Crippen molar-refractivity contribution in [2.75, 3.05) is 12.8 Å². The van der Waals surface area contributed by atoms with Gasteiger partial charge in [-0.2, -0.15) is 0 Å². The lowest BCUT2D eigenvalue weighted by Gasteiger charge is -2.14. The molecule has 0 aliphatic heterocycles.